The molecule has 0 saturated heterocycles. The standard InChI is InChI=1S/C19H16N2O/c22-19-7-3-5-14-10-13(8-9-18(14)21-19)17-12-20-11-15-4-1-2-6-16(15)17/h1-2,4,6,8-12H,3,5,7H2,(H,21,22). The van der Waals surface area contributed by atoms with E-state index in [9.17, 15) is 4.79 Å². The summed E-state index contributed by atoms with van der Waals surface area (Å²) >= 11 is 0. The van der Waals surface area contributed by atoms with Crippen molar-refractivity contribution in [3.05, 3.63) is 60.4 Å². The normalized spacial score (nSPS) is 14.3. The van der Waals surface area contributed by atoms with Crippen LogP contribution in [0.5, 0.6) is 0 Å². The lowest BCUT2D eigenvalue weighted by Crippen LogP contribution is -2.09. The van der Waals surface area contributed by atoms with Crippen LogP contribution in [0.1, 0.15) is 18.4 Å². The second kappa shape index (κ2) is 5.26. The highest BCUT2D eigenvalue weighted by molar-refractivity contribution is 5.97. The highest BCUT2D eigenvalue weighted by Gasteiger charge is 2.14. The monoisotopic (exact) mass is 288 g/mol. The maximum absolute atomic E-state index is 11.7. The molecule has 1 amide bonds. The molecule has 0 aliphatic carbocycles. The number of anilines is 1. The minimum absolute atomic E-state index is 0.110. The average Bonchev–Trinajstić information content (AvgIpc) is 2.74. The Balaban J connectivity index is 1.86. The van der Waals surface area contributed by atoms with E-state index in [0.29, 0.717) is 6.42 Å². The fourth-order valence-corrected chi connectivity index (χ4v) is 3.09. The molecule has 3 heteroatoms. The summed E-state index contributed by atoms with van der Waals surface area (Å²) in [5.41, 5.74) is 4.44. The Labute approximate surface area is 129 Å². The Morgan fingerprint density at radius 3 is 2.86 bits per heavy atom. The van der Waals surface area contributed by atoms with Crippen molar-refractivity contribution in [2.45, 2.75) is 19.3 Å². The molecule has 0 spiro atoms. The lowest BCUT2D eigenvalue weighted by Gasteiger charge is -2.11. The van der Waals surface area contributed by atoms with Crippen LogP contribution in [-0.2, 0) is 11.2 Å². The summed E-state index contributed by atoms with van der Waals surface area (Å²) in [6.45, 7) is 0. The number of hydrogen-bond donors (Lipinski definition) is 1. The summed E-state index contributed by atoms with van der Waals surface area (Å²) in [7, 11) is 0. The molecule has 0 saturated carbocycles. The smallest absolute Gasteiger partial charge is 0.224 e. The highest BCUT2D eigenvalue weighted by atomic mass is 16.1. The SMILES string of the molecule is O=C1CCCc2cc(-c3cncc4ccccc34)ccc2N1. The third-order valence-electron chi connectivity index (χ3n) is 4.21. The number of amides is 1. The van der Waals surface area contributed by atoms with Gasteiger partial charge in [-0.05, 0) is 41.5 Å². The van der Waals surface area contributed by atoms with Gasteiger partial charge in [0.05, 0.1) is 0 Å². The molecule has 1 aliphatic heterocycles. The summed E-state index contributed by atoms with van der Waals surface area (Å²) < 4.78 is 0. The van der Waals surface area contributed by atoms with E-state index >= 15 is 0 Å². The van der Waals surface area contributed by atoms with E-state index in [1.807, 2.05) is 24.5 Å². The molecule has 2 heterocycles. The summed E-state index contributed by atoms with van der Waals surface area (Å²) in [5.74, 6) is 0.110. The van der Waals surface area contributed by atoms with Crippen LogP contribution in [0.15, 0.2) is 54.9 Å². The molecule has 0 radical (unpaired) electrons. The van der Waals surface area contributed by atoms with Crippen molar-refractivity contribution < 1.29 is 4.79 Å². The van der Waals surface area contributed by atoms with Gasteiger partial charge in [0, 0.05) is 35.5 Å². The molecule has 4 rings (SSSR count). The molecule has 0 unspecified atom stereocenters. The number of nitrogens with one attached hydrogen (secondary N) is 1. The van der Waals surface area contributed by atoms with Gasteiger partial charge in [0.25, 0.3) is 0 Å². The van der Waals surface area contributed by atoms with Gasteiger partial charge in [0.1, 0.15) is 0 Å². The van der Waals surface area contributed by atoms with E-state index in [4.69, 9.17) is 0 Å². The fourth-order valence-electron chi connectivity index (χ4n) is 3.09. The van der Waals surface area contributed by atoms with Gasteiger partial charge in [0.15, 0.2) is 0 Å². The van der Waals surface area contributed by atoms with Crippen LogP contribution in [0.3, 0.4) is 0 Å². The van der Waals surface area contributed by atoms with Crippen LogP contribution in [0.25, 0.3) is 21.9 Å². The number of carbonyl (C=O) groups excluding carboxylic acids is 1. The molecule has 22 heavy (non-hydrogen) atoms. The summed E-state index contributed by atoms with van der Waals surface area (Å²) in [6.07, 6.45) is 6.23. The van der Waals surface area contributed by atoms with Crippen LogP contribution in [-0.4, -0.2) is 10.9 Å². The first kappa shape index (κ1) is 13.0. The lowest BCUT2D eigenvalue weighted by atomic mass is 9.97. The van der Waals surface area contributed by atoms with Gasteiger partial charge >= 0.3 is 0 Å². The number of fused-ring (bicyclic) bond motifs is 2. The highest BCUT2D eigenvalue weighted by Crippen LogP contribution is 2.31. The first-order chi connectivity index (χ1) is 10.8. The molecular weight excluding hydrogens is 272 g/mol. The molecular formula is C19H16N2O. The molecule has 0 atom stereocenters. The summed E-state index contributed by atoms with van der Waals surface area (Å²) in [5, 5.41) is 5.33. The van der Waals surface area contributed by atoms with E-state index in [-0.39, 0.29) is 5.91 Å². The molecule has 3 nitrogen and oxygen atoms in total. The maximum Gasteiger partial charge on any atom is 0.224 e. The lowest BCUT2D eigenvalue weighted by molar-refractivity contribution is -0.116. The molecule has 1 aliphatic rings. The van der Waals surface area contributed by atoms with Gasteiger partial charge < -0.3 is 5.32 Å². The Bertz CT molecular complexity index is 865. The predicted octanol–water partition coefficient (Wildman–Crippen LogP) is 4.18. The van der Waals surface area contributed by atoms with Crippen LogP contribution in [0.2, 0.25) is 0 Å². The number of rotatable bonds is 1. The van der Waals surface area contributed by atoms with E-state index < -0.39 is 0 Å². The predicted molar refractivity (Wildman–Crippen MR) is 88.7 cm³/mol. The zero-order valence-electron chi connectivity index (χ0n) is 12.2. The Morgan fingerprint density at radius 2 is 1.91 bits per heavy atom. The number of aromatic nitrogens is 1. The van der Waals surface area contributed by atoms with Crippen molar-refractivity contribution in [3.8, 4) is 11.1 Å². The topological polar surface area (TPSA) is 42.0 Å². The van der Waals surface area contributed by atoms with Gasteiger partial charge in [-0.25, -0.2) is 0 Å². The minimum atomic E-state index is 0.110. The fraction of sp³-hybridized carbons (Fsp3) is 0.158. The third kappa shape index (κ3) is 2.25. The third-order valence-corrected chi connectivity index (χ3v) is 4.21. The van der Waals surface area contributed by atoms with E-state index in [1.165, 1.54) is 10.9 Å². The number of aryl methyl sites for hydroxylation is 1. The van der Waals surface area contributed by atoms with E-state index in [1.54, 1.807) is 0 Å². The number of pyridine rings is 1. The van der Waals surface area contributed by atoms with Gasteiger partial charge in [-0.2, -0.15) is 0 Å². The van der Waals surface area contributed by atoms with E-state index in [0.717, 1.165) is 35.0 Å². The van der Waals surface area contributed by atoms with Crippen LogP contribution >= 0.6 is 0 Å². The van der Waals surface area contributed by atoms with Crippen LogP contribution < -0.4 is 5.32 Å². The quantitative estimate of drug-likeness (QED) is 0.730. The van der Waals surface area contributed by atoms with Crippen molar-refractivity contribution in [3.63, 3.8) is 0 Å². The molecule has 0 fully saturated rings. The zero-order valence-corrected chi connectivity index (χ0v) is 12.2. The van der Waals surface area contributed by atoms with Gasteiger partial charge in [0.2, 0.25) is 5.91 Å². The molecule has 1 N–H and O–H groups in total. The molecule has 2 aromatic carbocycles. The Hall–Kier alpha value is -2.68. The molecule has 3 aromatic rings. The first-order valence-corrected chi connectivity index (χ1v) is 7.57. The molecule has 108 valence electrons. The first-order valence-electron chi connectivity index (χ1n) is 7.57. The van der Waals surface area contributed by atoms with Crippen molar-refractivity contribution in [2.24, 2.45) is 0 Å². The van der Waals surface area contributed by atoms with Crippen LogP contribution in [0.4, 0.5) is 5.69 Å². The summed E-state index contributed by atoms with van der Waals surface area (Å²) in [6, 6.07) is 14.5. The van der Waals surface area contributed by atoms with Gasteiger partial charge in [-0.1, -0.05) is 30.3 Å². The van der Waals surface area contributed by atoms with Crippen molar-refractivity contribution in [1.82, 2.24) is 4.98 Å². The zero-order chi connectivity index (χ0) is 14.9. The van der Waals surface area contributed by atoms with Crippen molar-refractivity contribution >= 4 is 22.4 Å². The second-order valence-electron chi connectivity index (χ2n) is 5.68. The average molecular weight is 288 g/mol. The molecule has 1 aromatic heterocycles. The van der Waals surface area contributed by atoms with Crippen LogP contribution in [0, 0.1) is 0 Å². The number of benzene rings is 2. The molecule has 0 bridgehead atoms. The second-order valence-corrected chi connectivity index (χ2v) is 5.68. The van der Waals surface area contributed by atoms with Gasteiger partial charge in [-0.15, -0.1) is 0 Å². The number of carbonyl (C=O) groups is 1. The largest absolute Gasteiger partial charge is 0.326 e. The minimum Gasteiger partial charge on any atom is -0.326 e. The Kier molecular flexibility index (Phi) is 3.11. The number of nitrogens with zero attached hydrogens (tertiary/aromatic N) is 1. The van der Waals surface area contributed by atoms with E-state index in [2.05, 4.69) is 40.6 Å². The van der Waals surface area contributed by atoms with Crippen molar-refractivity contribution in [2.75, 3.05) is 5.32 Å². The van der Waals surface area contributed by atoms with Crippen molar-refractivity contribution in [1.29, 1.82) is 0 Å². The number of hydrogen-bond acceptors (Lipinski definition) is 2. The maximum atomic E-state index is 11.7. The Morgan fingerprint density at radius 1 is 1.00 bits per heavy atom. The van der Waals surface area contributed by atoms with Gasteiger partial charge in [-0.3, -0.25) is 9.78 Å². The summed E-state index contributed by atoms with van der Waals surface area (Å²) in [4.78, 5) is 16.0.